The Morgan fingerprint density at radius 1 is 1.55 bits per heavy atom. The smallest absolute Gasteiger partial charge is 0.216 e. The van der Waals surface area contributed by atoms with Crippen LogP contribution in [0.5, 0.6) is 0 Å². The van der Waals surface area contributed by atoms with Crippen molar-refractivity contribution < 1.29 is 9.90 Å². The molecule has 1 aromatic heterocycles. The van der Waals surface area contributed by atoms with E-state index in [9.17, 15) is 9.90 Å². The molecule has 1 amide bonds. The van der Waals surface area contributed by atoms with Crippen molar-refractivity contribution in [1.29, 1.82) is 0 Å². The molecule has 22 heavy (non-hydrogen) atoms. The Labute approximate surface area is 131 Å². The summed E-state index contributed by atoms with van der Waals surface area (Å²) >= 11 is 0. The summed E-state index contributed by atoms with van der Waals surface area (Å²) < 4.78 is 1.81. The summed E-state index contributed by atoms with van der Waals surface area (Å²) in [5.74, 6) is 0.0231. The quantitative estimate of drug-likeness (QED) is 0.784. The van der Waals surface area contributed by atoms with Crippen molar-refractivity contribution in [2.24, 2.45) is 0 Å². The second kappa shape index (κ2) is 8.10. The summed E-state index contributed by atoms with van der Waals surface area (Å²) in [7, 11) is 0. The van der Waals surface area contributed by atoms with Crippen molar-refractivity contribution in [3.05, 3.63) is 24.0 Å². The molecule has 2 N–H and O–H groups in total. The molecule has 1 aliphatic heterocycles. The Morgan fingerprint density at radius 2 is 2.36 bits per heavy atom. The Hall–Kier alpha value is -1.66. The van der Waals surface area contributed by atoms with Crippen LogP contribution in [0.1, 0.15) is 32.3 Å². The number of hydrogen-bond acceptors (Lipinski definition) is 4. The molecule has 1 atom stereocenters. The van der Waals surface area contributed by atoms with E-state index in [1.165, 1.54) is 5.57 Å². The third-order valence-corrected chi connectivity index (χ3v) is 3.97. The van der Waals surface area contributed by atoms with Crippen molar-refractivity contribution in [3.8, 4) is 0 Å². The molecule has 1 aliphatic rings. The second-order valence-electron chi connectivity index (χ2n) is 5.78. The average Bonchev–Trinajstić information content (AvgIpc) is 2.96. The highest BCUT2D eigenvalue weighted by atomic mass is 16.3. The lowest BCUT2D eigenvalue weighted by atomic mass is 10.0. The number of hydrogen-bond donors (Lipinski definition) is 2. The van der Waals surface area contributed by atoms with Crippen LogP contribution in [0, 0.1) is 0 Å². The van der Waals surface area contributed by atoms with Crippen LogP contribution in [0.2, 0.25) is 0 Å². The zero-order valence-electron chi connectivity index (χ0n) is 13.5. The molecule has 1 unspecified atom stereocenters. The first-order chi connectivity index (χ1) is 10.6. The summed E-state index contributed by atoms with van der Waals surface area (Å²) in [4.78, 5) is 13.2. The number of nitrogens with zero attached hydrogens (tertiary/aromatic N) is 3. The van der Waals surface area contributed by atoms with Crippen molar-refractivity contribution in [2.75, 3.05) is 26.2 Å². The lowest BCUT2D eigenvalue weighted by Gasteiger charge is -2.25. The summed E-state index contributed by atoms with van der Waals surface area (Å²) in [5.41, 5.74) is 2.46. The summed E-state index contributed by atoms with van der Waals surface area (Å²) in [5, 5.41) is 16.8. The molecule has 2 heterocycles. The third-order valence-electron chi connectivity index (χ3n) is 3.97. The topological polar surface area (TPSA) is 70.4 Å². The third kappa shape index (κ3) is 4.96. The van der Waals surface area contributed by atoms with E-state index in [0.29, 0.717) is 13.1 Å². The SMILES string of the molecule is CCC(O)Cn1cc(C2=CCN(CCNC(C)=O)CC2)cn1. The van der Waals surface area contributed by atoms with E-state index < -0.39 is 0 Å². The Kier molecular flexibility index (Phi) is 6.15. The number of carbonyl (C=O) groups is 1. The number of aliphatic hydroxyl groups excluding tert-OH is 1. The first-order valence-corrected chi connectivity index (χ1v) is 7.95. The number of aliphatic hydroxyl groups is 1. The highest BCUT2D eigenvalue weighted by molar-refractivity contribution is 5.72. The first kappa shape index (κ1) is 16.7. The molecular formula is C16H26N4O2. The van der Waals surface area contributed by atoms with E-state index in [1.54, 1.807) is 6.92 Å². The summed E-state index contributed by atoms with van der Waals surface area (Å²) in [6, 6.07) is 0. The van der Waals surface area contributed by atoms with Crippen LogP contribution in [-0.4, -0.2) is 58.0 Å². The van der Waals surface area contributed by atoms with Gasteiger partial charge in [0.15, 0.2) is 0 Å². The minimum Gasteiger partial charge on any atom is -0.391 e. The molecule has 122 valence electrons. The van der Waals surface area contributed by atoms with E-state index in [-0.39, 0.29) is 12.0 Å². The van der Waals surface area contributed by atoms with Crippen LogP contribution in [0.4, 0.5) is 0 Å². The van der Waals surface area contributed by atoms with E-state index in [4.69, 9.17) is 0 Å². The highest BCUT2D eigenvalue weighted by Crippen LogP contribution is 2.21. The average molecular weight is 306 g/mol. The van der Waals surface area contributed by atoms with Gasteiger partial charge in [-0.15, -0.1) is 0 Å². The fraction of sp³-hybridized carbons (Fsp3) is 0.625. The standard InChI is InChI=1S/C16H26N4O2/c1-3-16(22)12-20-11-15(10-18-20)14-4-7-19(8-5-14)9-6-17-13(2)21/h4,10-11,16,22H,3,5-9,12H2,1-2H3,(H,17,21). The van der Waals surface area contributed by atoms with Crippen LogP contribution in [-0.2, 0) is 11.3 Å². The van der Waals surface area contributed by atoms with Crippen LogP contribution in [0.3, 0.4) is 0 Å². The number of amides is 1. The van der Waals surface area contributed by atoms with Gasteiger partial charge in [-0.05, 0) is 18.4 Å². The Bertz CT molecular complexity index is 524. The van der Waals surface area contributed by atoms with Crippen LogP contribution < -0.4 is 5.32 Å². The van der Waals surface area contributed by atoms with Gasteiger partial charge in [-0.2, -0.15) is 5.10 Å². The molecule has 6 nitrogen and oxygen atoms in total. The minimum atomic E-state index is -0.336. The molecule has 2 rings (SSSR count). The van der Waals surface area contributed by atoms with Gasteiger partial charge in [-0.25, -0.2) is 0 Å². The maximum Gasteiger partial charge on any atom is 0.216 e. The molecular weight excluding hydrogens is 280 g/mol. The summed E-state index contributed by atoms with van der Waals surface area (Å²) in [6.45, 7) is 7.53. The molecule has 0 aromatic carbocycles. The predicted octanol–water partition coefficient (Wildman–Crippen LogP) is 0.879. The highest BCUT2D eigenvalue weighted by Gasteiger charge is 2.14. The summed E-state index contributed by atoms with van der Waals surface area (Å²) in [6.07, 6.45) is 7.51. The minimum absolute atomic E-state index is 0.0231. The maximum absolute atomic E-state index is 10.9. The molecule has 0 aliphatic carbocycles. The molecule has 0 spiro atoms. The second-order valence-corrected chi connectivity index (χ2v) is 5.78. The van der Waals surface area contributed by atoms with Crippen molar-refractivity contribution in [1.82, 2.24) is 20.0 Å². The van der Waals surface area contributed by atoms with E-state index in [2.05, 4.69) is 21.4 Å². The van der Waals surface area contributed by atoms with Crippen LogP contribution in [0.25, 0.3) is 5.57 Å². The molecule has 0 saturated heterocycles. The fourth-order valence-corrected chi connectivity index (χ4v) is 2.54. The number of nitrogens with one attached hydrogen (secondary N) is 1. The fourth-order valence-electron chi connectivity index (χ4n) is 2.54. The number of rotatable bonds is 7. The molecule has 6 heteroatoms. The number of carbonyl (C=O) groups excluding carboxylic acids is 1. The van der Waals surface area contributed by atoms with Gasteiger partial charge in [0.25, 0.3) is 0 Å². The van der Waals surface area contributed by atoms with Gasteiger partial charge in [-0.3, -0.25) is 14.4 Å². The van der Waals surface area contributed by atoms with Crippen molar-refractivity contribution >= 4 is 11.5 Å². The predicted molar refractivity (Wildman–Crippen MR) is 86.2 cm³/mol. The van der Waals surface area contributed by atoms with E-state index in [1.807, 2.05) is 24.0 Å². The molecule has 0 radical (unpaired) electrons. The zero-order chi connectivity index (χ0) is 15.9. The lowest BCUT2D eigenvalue weighted by molar-refractivity contribution is -0.119. The van der Waals surface area contributed by atoms with Gasteiger partial charge in [-0.1, -0.05) is 13.0 Å². The molecule has 0 saturated carbocycles. The van der Waals surface area contributed by atoms with Gasteiger partial charge in [0.1, 0.15) is 0 Å². The Balaban J connectivity index is 1.84. The normalized spacial score (nSPS) is 17.1. The van der Waals surface area contributed by atoms with Gasteiger partial charge >= 0.3 is 0 Å². The lowest BCUT2D eigenvalue weighted by Crippen LogP contribution is -2.36. The van der Waals surface area contributed by atoms with E-state index >= 15 is 0 Å². The maximum atomic E-state index is 10.9. The van der Waals surface area contributed by atoms with Crippen molar-refractivity contribution in [2.45, 2.75) is 39.3 Å². The molecule has 0 fully saturated rings. The van der Waals surface area contributed by atoms with Gasteiger partial charge < -0.3 is 10.4 Å². The monoisotopic (exact) mass is 306 g/mol. The first-order valence-electron chi connectivity index (χ1n) is 7.95. The molecule has 1 aromatic rings. The van der Waals surface area contributed by atoms with Gasteiger partial charge in [0.2, 0.25) is 5.91 Å². The van der Waals surface area contributed by atoms with Gasteiger partial charge in [0.05, 0.1) is 18.8 Å². The van der Waals surface area contributed by atoms with E-state index in [0.717, 1.165) is 38.0 Å². The zero-order valence-corrected chi connectivity index (χ0v) is 13.5. The van der Waals surface area contributed by atoms with Crippen LogP contribution >= 0.6 is 0 Å². The van der Waals surface area contributed by atoms with Crippen molar-refractivity contribution in [3.63, 3.8) is 0 Å². The Morgan fingerprint density at radius 3 is 3.00 bits per heavy atom. The van der Waals surface area contributed by atoms with Crippen LogP contribution in [0.15, 0.2) is 18.5 Å². The van der Waals surface area contributed by atoms with Gasteiger partial charge in [0, 0.05) is 44.9 Å². The largest absolute Gasteiger partial charge is 0.391 e. The molecule has 0 bridgehead atoms. The number of aromatic nitrogens is 2.